The number of rotatable bonds is 2. The molecule has 2 nitrogen and oxygen atoms in total. The molecule has 3 rings (SSSR count). The van der Waals surface area contributed by atoms with Gasteiger partial charge in [-0.25, -0.2) is 9.37 Å². The highest BCUT2D eigenvalue weighted by Gasteiger charge is 2.65. The van der Waals surface area contributed by atoms with E-state index in [4.69, 9.17) is 11.6 Å². The summed E-state index contributed by atoms with van der Waals surface area (Å²) >= 11 is 5.72. The molecule has 20 heavy (non-hydrogen) atoms. The van der Waals surface area contributed by atoms with Crippen molar-refractivity contribution in [2.24, 2.45) is 0 Å². The summed E-state index contributed by atoms with van der Waals surface area (Å²) in [5.41, 5.74) is -1.15. The molecule has 1 saturated carbocycles. The van der Waals surface area contributed by atoms with Crippen molar-refractivity contribution in [2.75, 3.05) is 0 Å². The van der Waals surface area contributed by atoms with Crippen molar-refractivity contribution in [1.82, 2.24) is 9.55 Å². The third-order valence-electron chi connectivity index (χ3n) is 3.80. The minimum Gasteiger partial charge on any atom is -0.311 e. The average Bonchev–Trinajstić information content (AvgIpc) is 3.09. The molecule has 1 aromatic heterocycles. The number of nitrogens with zero attached hydrogens (tertiary/aromatic N) is 2. The summed E-state index contributed by atoms with van der Waals surface area (Å²) in [4.78, 5) is 4.04. The first-order valence-corrected chi connectivity index (χ1v) is 6.64. The van der Waals surface area contributed by atoms with Gasteiger partial charge in [-0.2, -0.15) is 13.2 Å². The fourth-order valence-electron chi connectivity index (χ4n) is 2.57. The van der Waals surface area contributed by atoms with Gasteiger partial charge in [0.2, 0.25) is 0 Å². The zero-order valence-electron chi connectivity index (χ0n) is 10.6. The van der Waals surface area contributed by atoms with E-state index in [1.165, 1.54) is 13.0 Å². The highest BCUT2D eigenvalue weighted by Crippen LogP contribution is 2.57. The minimum atomic E-state index is -4.37. The van der Waals surface area contributed by atoms with Crippen molar-refractivity contribution in [1.29, 1.82) is 0 Å². The Hall–Kier alpha value is -1.30. The van der Waals surface area contributed by atoms with Crippen molar-refractivity contribution in [2.45, 2.75) is 37.4 Å². The van der Waals surface area contributed by atoms with Crippen LogP contribution in [0.15, 0.2) is 12.1 Å². The van der Waals surface area contributed by atoms with Crippen LogP contribution in [0.2, 0.25) is 0 Å². The third kappa shape index (κ3) is 1.74. The maximum atomic E-state index is 13.5. The zero-order valence-corrected chi connectivity index (χ0v) is 11.3. The largest absolute Gasteiger partial charge is 0.412 e. The monoisotopic (exact) mass is 306 g/mol. The smallest absolute Gasteiger partial charge is 0.311 e. The highest BCUT2D eigenvalue weighted by molar-refractivity contribution is 6.16. The Kier molecular flexibility index (Phi) is 2.80. The summed E-state index contributed by atoms with van der Waals surface area (Å²) in [7, 11) is 0. The SMILES string of the molecule is Cc1cc2c(cc1F)nc(CCl)n2C1(C(F)(F)F)CC1. The van der Waals surface area contributed by atoms with Crippen LogP contribution >= 0.6 is 11.6 Å². The van der Waals surface area contributed by atoms with Crippen LogP contribution in [0.3, 0.4) is 0 Å². The van der Waals surface area contributed by atoms with Gasteiger partial charge >= 0.3 is 6.18 Å². The van der Waals surface area contributed by atoms with Gasteiger partial charge < -0.3 is 4.57 Å². The molecule has 1 heterocycles. The number of imidazole rings is 1. The van der Waals surface area contributed by atoms with E-state index in [0.717, 1.165) is 10.6 Å². The summed E-state index contributed by atoms with van der Waals surface area (Å²) < 4.78 is 54.6. The third-order valence-corrected chi connectivity index (χ3v) is 4.04. The molecule has 0 N–H and O–H groups in total. The number of fused-ring (bicyclic) bond motifs is 1. The van der Waals surface area contributed by atoms with E-state index >= 15 is 0 Å². The number of alkyl halides is 4. The lowest BCUT2D eigenvalue weighted by Gasteiger charge is -2.23. The summed E-state index contributed by atoms with van der Waals surface area (Å²) in [5.74, 6) is -0.505. The molecule has 2 aromatic rings. The predicted molar refractivity (Wildman–Crippen MR) is 67.2 cm³/mol. The first-order chi connectivity index (χ1) is 9.30. The average molecular weight is 307 g/mol. The lowest BCUT2D eigenvalue weighted by molar-refractivity contribution is -0.179. The minimum absolute atomic E-state index is 0.00225. The van der Waals surface area contributed by atoms with Gasteiger partial charge in [-0.1, -0.05) is 0 Å². The first kappa shape index (κ1) is 13.7. The second-order valence-electron chi connectivity index (χ2n) is 5.12. The highest BCUT2D eigenvalue weighted by atomic mass is 35.5. The van der Waals surface area contributed by atoms with Crippen LogP contribution in [-0.4, -0.2) is 15.7 Å². The van der Waals surface area contributed by atoms with Gasteiger partial charge in [-0.15, -0.1) is 11.6 Å². The standard InChI is InChI=1S/C13H11ClF4N2/c1-7-4-10-9(5-8(7)15)19-11(6-14)20(10)12(2-3-12)13(16,17)18/h4-5H,2-3,6H2,1H3. The predicted octanol–water partition coefficient (Wildman–Crippen LogP) is 4.27. The molecule has 0 radical (unpaired) electrons. The van der Waals surface area contributed by atoms with E-state index in [1.54, 1.807) is 0 Å². The van der Waals surface area contributed by atoms with Crippen molar-refractivity contribution in [3.63, 3.8) is 0 Å². The Balaban J connectivity index is 2.32. The topological polar surface area (TPSA) is 17.8 Å². The molecule has 0 saturated heterocycles. The van der Waals surface area contributed by atoms with Crippen LogP contribution in [0.5, 0.6) is 0 Å². The fraction of sp³-hybridized carbons (Fsp3) is 0.462. The Labute approximate surface area is 117 Å². The van der Waals surface area contributed by atoms with Crippen molar-refractivity contribution < 1.29 is 17.6 Å². The van der Waals surface area contributed by atoms with Gasteiger partial charge in [0.05, 0.1) is 16.9 Å². The maximum Gasteiger partial charge on any atom is 0.412 e. The van der Waals surface area contributed by atoms with Crippen molar-refractivity contribution in [3.8, 4) is 0 Å². The molecule has 0 spiro atoms. The quantitative estimate of drug-likeness (QED) is 0.598. The van der Waals surface area contributed by atoms with Crippen LogP contribution in [-0.2, 0) is 11.4 Å². The van der Waals surface area contributed by atoms with Gasteiger partial charge in [-0.3, -0.25) is 0 Å². The summed E-state index contributed by atoms with van der Waals surface area (Å²) in [6.45, 7) is 1.51. The Bertz CT molecular complexity index is 686. The Morgan fingerprint density at radius 3 is 2.50 bits per heavy atom. The normalized spacial score (nSPS) is 17.7. The van der Waals surface area contributed by atoms with Crippen LogP contribution < -0.4 is 0 Å². The van der Waals surface area contributed by atoms with Crippen LogP contribution in [0.4, 0.5) is 17.6 Å². The molecule has 0 atom stereocenters. The van der Waals surface area contributed by atoms with Gasteiger partial charge in [-0.05, 0) is 31.4 Å². The van der Waals surface area contributed by atoms with E-state index in [0.29, 0.717) is 0 Å². The maximum absolute atomic E-state index is 13.5. The molecule has 1 aliphatic carbocycles. The second kappa shape index (κ2) is 4.10. The Morgan fingerprint density at radius 1 is 1.35 bits per heavy atom. The van der Waals surface area contributed by atoms with E-state index in [9.17, 15) is 17.6 Å². The molecule has 0 unspecified atom stereocenters. The van der Waals surface area contributed by atoms with Crippen LogP contribution in [0.1, 0.15) is 24.2 Å². The van der Waals surface area contributed by atoms with Gasteiger partial charge in [0, 0.05) is 6.07 Å². The number of halogens is 5. The molecule has 0 bridgehead atoms. The van der Waals surface area contributed by atoms with E-state index < -0.39 is 17.5 Å². The van der Waals surface area contributed by atoms with Gasteiger partial charge in [0.1, 0.15) is 17.2 Å². The number of benzene rings is 1. The van der Waals surface area contributed by atoms with Gasteiger partial charge in [0.25, 0.3) is 0 Å². The molecule has 0 amide bonds. The summed E-state index contributed by atoms with van der Waals surface area (Å²) in [6.07, 6.45) is -4.37. The number of hydrogen-bond acceptors (Lipinski definition) is 1. The van der Waals surface area contributed by atoms with Crippen molar-refractivity contribution >= 4 is 22.6 Å². The van der Waals surface area contributed by atoms with E-state index in [2.05, 4.69) is 4.98 Å². The van der Waals surface area contributed by atoms with Crippen molar-refractivity contribution in [3.05, 3.63) is 29.3 Å². The molecular formula is C13H11ClF4N2. The molecular weight excluding hydrogens is 296 g/mol. The molecule has 1 aromatic carbocycles. The number of aromatic nitrogens is 2. The second-order valence-corrected chi connectivity index (χ2v) is 5.38. The first-order valence-electron chi connectivity index (χ1n) is 6.11. The summed E-state index contributed by atoms with van der Waals surface area (Å²) in [5, 5.41) is 0. The molecule has 1 aliphatic rings. The molecule has 1 fully saturated rings. The lowest BCUT2D eigenvalue weighted by Crippen LogP contribution is -2.35. The molecule has 7 heteroatoms. The van der Waals surface area contributed by atoms with Crippen LogP contribution in [0.25, 0.3) is 11.0 Å². The summed E-state index contributed by atoms with van der Waals surface area (Å²) in [6, 6.07) is 2.56. The number of hydrogen-bond donors (Lipinski definition) is 0. The lowest BCUT2D eigenvalue weighted by atomic mass is 10.2. The Morgan fingerprint density at radius 2 is 2.00 bits per heavy atom. The van der Waals surface area contributed by atoms with Crippen LogP contribution in [0, 0.1) is 12.7 Å². The number of aryl methyl sites for hydroxylation is 1. The van der Waals surface area contributed by atoms with E-state index in [1.807, 2.05) is 0 Å². The zero-order chi connectivity index (χ0) is 14.7. The van der Waals surface area contributed by atoms with Gasteiger partial charge in [0.15, 0.2) is 0 Å². The fourth-order valence-corrected chi connectivity index (χ4v) is 2.75. The molecule has 0 aliphatic heterocycles. The molecule has 108 valence electrons. The van der Waals surface area contributed by atoms with E-state index in [-0.39, 0.29) is 41.1 Å².